The van der Waals surface area contributed by atoms with Crippen LogP contribution in [0.3, 0.4) is 0 Å². The molecular formula is C18H29N3. The number of nitrogens with one attached hydrogen (secondary N) is 1. The first-order chi connectivity index (χ1) is 10.3. The van der Waals surface area contributed by atoms with E-state index in [2.05, 4.69) is 25.2 Å². The van der Waals surface area contributed by atoms with E-state index in [0.717, 1.165) is 30.5 Å². The van der Waals surface area contributed by atoms with Gasteiger partial charge in [0.15, 0.2) is 0 Å². The lowest BCUT2D eigenvalue weighted by Gasteiger charge is -2.27. The van der Waals surface area contributed by atoms with Crippen molar-refractivity contribution in [1.82, 2.24) is 9.97 Å². The van der Waals surface area contributed by atoms with Gasteiger partial charge in [-0.3, -0.25) is 0 Å². The largest absolute Gasteiger partial charge is 0.370 e. The van der Waals surface area contributed by atoms with Crippen molar-refractivity contribution in [3.63, 3.8) is 0 Å². The third kappa shape index (κ3) is 3.75. The Morgan fingerprint density at radius 1 is 1.10 bits per heavy atom. The van der Waals surface area contributed by atoms with Crippen LogP contribution in [-0.4, -0.2) is 16.5 Å². The minimum absolute atomic E-state index is 0.588. The second-order valence-electron chi connectivity index (χ2n) is 6.88. The molecule has 2 saturated carbocycles. The van der Waals surface area contributed by atoms with E-state index in [4.69, 9.17) is 9.97 Å². The Morgan fingerprint density at radius 3 is 2.67 bits per heavy atom. The van der Waals surface area contributed by atoms with Crippen molar-refractivity contribution < 1.29 is 0 Å². The van der Waals surface area contributed by atoms with Gasteiger partial charge in [-0.1, -0.05) is 33.1 Å². The van der Waals surface area contributed by atoms with Crippen molar-refractivity contribution in [2.24, 2.45) is 5.92 Å². The van der Waals surface area contributed by atoms with E-state index in [0.29, 0.717) is 11.8 Å². The Kier molecular flexibility index (Phi) is 4.77. The molecule has 1 heterocycles. The highest BCUT2D eigenvalue weighted by Gasteiger charge is 2.29. The maximum atomic E-state index is 4.94. The van der Waals surface area contributed by atoms with Gasteiger partial charge >= 0.3 is 0 Å². The van der Waals surface area contributed by atoms with Gasteiger partial charge in [-0.25, -0.2) is 9.97 Å². The van der Waals surface area contributed by atoms with Crippen molar-refractivity contribution >= 4 is 5.82 Å². The van der Waals surface area contributed by atoms with Crippen molar-refractivity contribution in [1.29, 1.82) is 0 Å². The van der Waals surface area contributed by atoms with Crippen LogP contribution in [-0.2, 0) is 0 Å². The molecule has 3 nitrogen and oxygen atoms in total. The highest BCUT2D eigenvalue weighted by Crippen LogP contribution is 2.41. The minimum Gasteiger partial charge on any atom is -0.370 e. The summed E-state index contributed by atoms with van der Waals surface area (Å²) in [6.07, 6.45) is 10.4. The fraction of sp³-hybridized carbons (Fsp3) is 0.778. The molecule has 1 N–H and O–H groups in total. The van der Waals surface area contributed by atoms with Crippen LogP contribution in [0.1, 0.15) is 88.6 Å². The first-order valence-corrected chi connectivity index (χ1v) is 8.92. The summed E-state index contributed by atoms with van der Waals surface area (Å²) in [6, 6.07) is 2.19. The van der Waals surface area contributed by atoms with Gasteiger partial charge in [-0.2, -0.15) is 0 Å². The van der Waals surface area contributed by atoms with E-state index in [1.807, 2.05) is 0 Å². The summed E-state index contributed by atoms with van der Waals surface area (Å²) in [4.78, 5) is 9.80. The fourth-order valence-corrected chi connectivity index (χ4v) is 3.50. The van der Waals surface area contributed by atoms with Crippen LogP contribution >= 0.6 is 0 Å². The molecule has 21 heavy (non-hydrogen) atoms. The van der Waals surface area contributed by atoms with Gasteiger partial charge in [0.2, 0.25) is 0 Å². The van der Waals surface area contributed by atoms with Crippen LogP contribution in [0.4, 0.5) is 5.82 Å². The van der Waals surface area contributed by atoms with E-state index < -0.39 is 0 Å². The normalized spacial score (nSPS) is 25.8. The van der Waals surface area contributed by atoms with E-state index in [9.17, 15) is 0 Å². The molecule has 2 aliphatic carbocycles. The number of anilines is 1. The summed E-state index contributed by atoms with van der Waals surface area (Å²) < 4.78 is 0. The van der Waals surface area contributed by atoms with Crippen LogP contribution in [0.2, 0.25) is 0 Å². The first-order valence-electron chi connectivity index (χ1n) is 8.92. The summed E-state index contributed by atoms with van der Waals surface area (Å²) in [5, 5.41) is 3.47. The Morgan fingerprint density at radius 2 is 1.95 bits per heavy atom. The molecule has 0 bridgehead atoms. The van der Waals surface area contributed by atoms with Gasteiger partial charge in [0.05, 0.1) is 0 Å². The second-order valence-corrected chi connectivity index (χ2v) is 6.88. The Labute approximate surface area is 129 Å². The molecule has 2 aliphatic rings. The lowest BCUT2D eigenvalue weighted by atomic mass is 9.80. The Hall–Kier alpha value is -1.12. The van der Waals surface area contributed by atoms with Gasteiger partial charge in [0, 0.05) is 30.1 Å². The predicted molar refractivity (Wildman–Crippen MR) is 87.8 cm³/mol. The van der Waals surface area contributed by atoms with Crippen LogP contribution < -0.4 is 5.32 Å². The molecule has 116 valence electrons. The number of hydrogen-bond acceptors (Lipinski definition) is 3. The lowest BCUT2D eigenvalue weighted by Crippen LogP contribution is -2.17. The van der Waals surface area contributed by atoms with Crippen molar-refractivity contribution in [2.75, 3.05) is 11.9 Å². The lowest BCUT2D eigenvalue weighted by molar-refractivity contribution is 0.307. The van der Waals surface area contributed by atoms with Crippen molar-refractivity contribution in [3.8, 4) is 0 Å². The molecule has 3 heteroatoms. The molecule has 0 saturated heterocycles. The molecule has 2 fully saturated rings. The molecule has 1 aromatic rings. The molecule has 3 rings (SSSR count). The number of rotatable bonds is 6. The monoisotopic (exact) mass is 287 g/mol. The quantitative estimate of drug-likeness (QED) is 0.812. The van der Waals surface area contributed by atoms with Gasteiger partial charge in [-0.15, -0.1) is 0 Å². The second kappa shape index (κ2) is 6.76. The van der Waals surface area contributed by atoms with Crippen LogP contribution in [0, 0.1) is 5.92 Å². The van der Waals surface area contributed by atoms with Crippen LogP contribution in [0.25, 0.3) is 0 Å². The Bertz CT molecular complexity index is 468. The summed E-state index contributed by atoms with van der Waals surface area (Å²) in [6.45, 7) is 5.52. The van der Waals surface area contributed by atoms with Gasteiger partial charge in [-0.05, 0) is 38.0 Å². The zero-order chi connectivity index (χ0) is 14.7. The SMILES string of the molecule is CCCNc1cc(C2CC2)nc(C2CCCC(CC)C2)n1. The smallest absolute Gasteiger partial charge is 0.134 e. The van der Waals surface area contributed by atoms with Crippen LogP contribution in [0.5, 0.6) is 0 Å². The topological polar surface area (TPSA) is 37.8 Å². The highest BCUT2D eigenvalue weighted by molar-refractivity contribution is 5.38. The summed E-state index contributed by atoms with van der Waals surface area (Å²) >= 11 is 0. The molecule has 0 amide bonds. The van der Waals surface area contributed by atoms with E-state index >= 15 is 0 Å². The van der Waals surface area contributed by atoms with E-state index in [1.165, 1.54) is 50.6 Å². The van der Waals surface area contributed by atoms with Crippen molar-refractivity contribution in [2.45, 2.75) is 77.0 Å². The molecule has 0 aromatic carbocycles. The first kappa shape index (κ1) is 14.8. The fourth-order valence-electron chi connectivity index (χ4n) is 3.50. The molecule has 0 radical (unpaired) electrons. The number of hydrogen-bond donors (Lipinski definition) is 1. The molecule has 2 unspecified atom stereocenters. The van der Waals surface area contributed by atoms with E-state index in [1.54, 1.807) is 0 Å². The highest BCUT2D eigenvalue weighted by atomic mass is 15.0. The Balaban J connectivity index is 1.80. The van der Waals surface area contributed by atoms with Gasteiger partial charge in [0.25, 0.3) is 0 Å². The van der Waals surface area contributed by atoms with Gasteiger partial charge < -0.3 is 5.32 Å². The predicted octanol–water partition coefficient (Wildman–Crippen LogP) is 4.86. The van der Waals surface area contributed by atoms with Crippen molar-refractivity contribution in [3.05, 3.63) is 17.6 Å². The van der Waals surface area contributed by atoms with Gasteiger partial charge in [0.1, 0.15) is 11.6 Å². The number of aromatic nitrogens is 2. The summed E-state index contributed by atoms with van der Waals surface area (Å²) in [5.41, 5.74) is 1.29. The van der Waals surface area contributed by atoms with E-state index in [-0.39, 0.29) is 0 Å². The molecular weight excluding hydrogens is 258 g/mol. The minimum atomic E-state index is 0.588. The molecule has 1 aromatic heterocycles. The zero-order valence-corrected chi connectivity index (χ0v) is 13.6. The van der Waals surface area contributed by atoms with Crippen LogP contribution in [0.15, 0.2) is 6.07 Å². The number of nitrogens with zero attached hydrogens (tertiary/aromatic N) is 2. The maximum Gasteiger partial charge on any atom is 0.134 e. The average Bonchev–Trinajstić information content (AvgIpc) is 3.37. The molecule has 0 spiro atoms. The third-order valence-electron chi connectivity index (χ3n) is 5.04. The summed E-state index contributed by atoms with van der Waals surface area (Å²) in [5.74, 6) is 4.35. The maximum absolute atomic E-state index is 4.94. The third-order valence-corrected chi connectivity index (χ3v) is 5.04. The molecule has 2 atom stereocenters. The average molecular weight is 287 g/mol. The standard InChI is InChI=1S/C18H29N3/c1-3-10-19-17-12-16(14-8-9-14)20-18(21-17)15-7-5-6-13(4-2)11-15/h12-15H,3-11H2,1-2H3,(H,19,20,21). The molecule has 0 aliphatic heterocycles. The summed E-state index contributed by atoms with van der Waals surface area (Å²) in [7, 11) is 0. The zero-order valence-electron chi connectivity index (χ0n) is 13.6.